The van der Waals surface area contributed by atoms with Crippen molar-refractivity contribution in [2.45, 2.75) is 32.0 Å². The van der Waals surface area contributed by atoms with Gasteiger partial charge in [0.2, 0.25) is 5.91 Å². The third kappa shape index (κ3) is 4.34. The zero-order valence-electron chi connectivity index (χ0n) is 15.7. The number of halogens is 4. The number of benzene rings is 1. The number of hydrogen-bond acceptors (Lipinski definition) is 5. The molecule has 30 heavy (non-hydrogen) atoms. The van der Waals surface area contributed by atoms with E-state index in [1.54, 1.807) is 21.9 Å². The van der Waals surface area contributed by atoms with Gasteiger partial charge in [-0.3, -0.25) is 4.79 Å². The van der Waals surface area contributed by atoms with Crippen LogP contribution >= 0.6 is 12.4 Å². The van der Waals surface area contributed by atoms with Crippen LogP contribution in [0.4, 0.5) is 13.2 Å². The molecule has 0 radical (unpaired) electrons. The molecular formula is C19H19ClF3N5O2. The number of carbonyl (C=O) groups is 1. The molecule has 1 atom stereocenters. The Labute approximate surface area is 176 Å². The van der Waals surface area contributed by atoms with Gasteiger partial charge in [0.25, 0.3) is 0 Å². The van der Waals surface area contributed by atoms with Gasteiger partial charge in [0.15, 0.2) is 11.6 Å². The smallest absolute Gasteiger partial charge is 0.224 e. The zero-order chi connectivity index (χ0) is 20.5. The summed E-state index contributed by atoms with van der Waals surface area (Å²) >= 11 is 0. The molecule has 2 aromatic heterocycles. The first kappa shape index (κ1) is 21.8. The van der Waals surface area contributed by atoms with E-state index >= 15 is 0 Å². The summed E-state index contributed by atoms with van der Waals surface area (Å²) in [6.45, 7) is 1.23. The third-order valence-electron chi connectivity index (χ3n) is 4.92. The summed E-state index contributed by atoms with van der Waals surface area (Å²) in [5.41, 5.74) is 8.11. The van der Waals surface area contributed by atoms with E-state index in [9.17, 15) is 18.0 Å². The lowest BCUT2D eigenvalue weighted by Gasteiger charge is -2.28. The number of nitrogens with two attached hydrogens (primary N) is 1. The molecule has 160 valence electrons. The molecule has 11 heteroatoms. The molecule has 0 fully saturated rings. The number of furan rings is 1. The normalized spacial score (nSPS) is 14.2. The van der Waals surface area contributed by atoms with Crippen molar-refractivity contribution in [2.24, 2.45) is 5.73 Å². The molecule has 0 aliphatic carbocycles. The van der Waals surface area contributed by atoms with Gasteiger partial charge in [-0.25, -0.2) is 17.9 Å². The predicted octanol–water partition coefficient (Wildman–Crippen LogP) is 2.68. The van der Waals surface area contributed by atoms with Crippen LogP contribution in [0.25, 0.3) is 11.3 Å². The zero-order valence-corrected chi connectivity index (χ0v) is 16.5. The Kier molecular flexibility index (Phi) is 6.47. The Hall–Kier alpha value is -2.85. The van der Waals surface area contributed by atoms with E-state index in [2.05, 4.69) is 10.3 Å². The van der Waals surface area contributed by atoms with Crippen molar-refractivity contribution in [3.63, 3.8) is 0 Å². The minimum atomic E-state index is -1.26. The first-order valence-corrected chi connectivity index (χ1v) is 9.04. The Balaban J connectivity index is 0.00000256. The lowest BCUT2D eigenvalue weighted by molar-refractivity contribution is -0.133. The van der Waals surface area contributed by atoms with E-state index in [1.165, 1.54) is 6.26 Å². The van der Waals surface area contributed by atoms with Gasteiger partial charge in [0, 0.05) is 30.6 Å². The standard InChI is InChI=1S/C19H18F3N5O2.ClH/c20-14-8-16(22)15(21)6-12(14)5-13(23)7-18(28)26-2-3-27-17(9-26)19(24-25-27)11-1-4-29-10-11;/h1,4,6,8,10,13H,2-3,5,7,9,23H2;1H/t13-;/m1./s1. The van der Waals surface area contributed by atoms with Crippen LogP contribution in [0.5, 0.6) is 0 Å². The van der Waals surface area contributed by atoms with Crippen molar-refractivity contribution < 1.29 is 22.4 Å². The minimum Gasteiger partial charge on any atom is -0.472 e. The number of aromatic nitrogens is 3. The van der Waals surface area contributed by atoms with Crippen LogP contribution in [0.1, 0.15) is 17.7 Å². The molecule has 0 saturated carbocycles. The van der Waals surface area contributed by atoms with Crippen LogP contribution in [0.15, 0.2) is 35.1 Å². The summed E-state index contributed by atoms with van der Waals surface area (Å²) in [5.74, 6) is -3.51. The number of rotatable bonds is 5. The first-order chi connectivity index (χ1) is 13.9. The molecular weight excluding hydrogens is 423 g/mol. The van der Waals surface area contributed by atoms with Crippen molar-refractivity contribution >= 4 is 18.3 Å². The lowest BCUT2D eigenvalue weighted by Crippen LogP contribution is -2.41. The Bertz CT molecular complexity index is 1040. The van der Waals surface area contributed by atoms with E-state index in [4.69, 9.17) is 10.2 Å². The van der Waals surface area contributed by atoms with Crippen LogP contribution < -0.4 is 5.73 Å². The number of nitrogens with zero attached hydrogens (tertiary/aromatic N) is 4. The van der Waals surface area contributed by atoms with E-state index in [0.717, 1.165) is 17.3 Å². The quantitative estimate of drug-likeness (QED) is 0.615. The average Bonchev–Trinajstić information content (AvgIpc) is 3.34. The average molecular weight is 442 g/mol. The molecule has 3 aromatic rings. The summed E-state index contributed by atoms with van der Waals surface area (Å²) in [6.07, 6.45) is 2.95. The molecule has 0 saturated heterocycles. The molecule has 0 bridgehead atoms. The van der Waals surface area contributed by atoms with Crippen LogP contribution in [-0.4, -0.2) is 38.4 Å². The summed E-state index contributed by atoms with van der Waals surface area (Å²) < 4.78 is 47.0. The maximum Gasteiger partial charge on any atom is 0.224 e. The van der Waals surface area contributed by atoms with Gasteiger partial charge in [-0.05, 0) is 24.1 Å². The molecule has 3 heterocycles. The molecule has 0 spiro atoms. The van der Waals surface area contributed by atoms with Crippen LogP contribution in [0.2, 0.25) is 0 Å². The Morgan fingerprint density at radius 2 is 1.97 bits per heavy atom. The first-order valence-electron chi connectivity index (χ1n) is 9.04. The number of carbonyl (C=O) groups excluding carboxylic acids is 1. The Morgan fingerprint density at radius 3 is 2.70 bits per heavy atom. The van der Waals surface area contributed by atoms with Gasteiger partial charge in [-0.15, -0.1) is 17.5 Å². The van der Waals surface area contributed by atoms with Crippen LogP contribution in [0.3, 0.4) is 0 Å². The molecule has 1 aliphatic rings. The van der Waals surface area contributed by atoms with Gasteiger partial charge in [0.05, 0.1) is 31.3 Å². The van der Waals surface area contributed by atoms with Crippen molar-refractivity contribution in [3.05, 3.63) is 59.4 Å². The highest BCUT2D eigenvalue weighted by atomic mass is 35.5. The van der Waals surface area contributed by atoms with Crippen molar-refractivity contribution in [1.29, 1.82) is 0 Å². The fourth-order valence-electron chi connectivity index (χ4n) is 3.41. The second kappa shape index (κ2) is 8.88. The molecule has 1 amide bonds. The van der Waals surface area contributed by atoms with Crippen molar-refractivity contribution in [2.75, 3.05) is 6.54 Å². The lowest BCUT2D eigenvalue weighted by atomic mass is 10.0. The maximum atomic E-state index is 13.8. The van der Waals surface area contributed by atoms with E-state index in [-0.39, 0.29) is 36.7 Å². The molecule has 2 N–H and O–H groups in total. The van der Waals surface area contributed by atoms with Gasteiger partial charge in [-0.2, -0.15) is 0 Å². The number of hydrogen-bond donors (Lipinski definition) is 1. The van der Waals surface area contributed by atoms with E-state index in [1.807, 2.05) is 0 Å². The van der Waals surface area contributed by atoms with E-state index < -0.39 is 23.5 Å². The van der Waals surface area contributed by atoms with Gasteiger partial charge in [0.1, 0.15) is 11.5 Å². The van der Waals surface area contributed by atoms with Crippen molar-refractivity contribution in [3.8, 4) is 11.3 Å². The summed E-state index contributed by atoms with van der Waals surface area (Å²) in [7, 11) is 0. The molecule has 0 unspecified atom stereocenters. The highest BCUT2D eigenvalue weighted by molar-refractivity contribution is 5.85. The summed E-state index contributed by atoms with van der Waals surface area (Å²) in [5, 5.41) is 8.26. The summed E-state index contributed by atoms with van der Waals surface area (Å²) in [6, 6.07) is 2.28. The third-order valence-corrected chi connectivity index (χ3v) is 4.92. The maximum absolute atomic E-state index is 13.8. The second-order valence-electron chi connectivity index (χ2n) is 6.96. The second-order valence-corrected chi connectivity index (χ2v) is 6.96. The van der Waals surface area contributed by atoms with Crippen LogP contribution in [-0.2, 0) is 24.3 Å². The molecule has 1 aliphatic heterocycles. The van der Waals surface area contributed by atoms with E-state index in [0.29, 0.717) is 31.4 Å². The highest BCUT2D eigenvalue weighted by Crippen LogP contribution is 2.25. The number of amides is 1. The molecule has 1 aromatic carbocycles. The predicted molar refractivity (Wildman–Crippen MR) is 103 cm³/mol. The fourth-order valence-corrected chi connectivity index (χ4v) is 3.41. The van der Waals surface area contributed by atoms with Gasteiger partial charge < -0.3 is 15.1 Å². The van der Waals surface area contributed by atoms with Crippen molar-refractivity contribution in [1.82, 2.24) is 19.9 Å². The molecule has 4 rings (SSSR count). The number of fused-ring (bicyclic) bond motifs is 1. The topological polar surface area (TPSA) is 90.2 Å². The van der Waals surface area contributed by atoms with Gasteiger partial charge in [-0.1, -0.05) is 5.21 Å². The Morgan fingerprint density at radius 1 is 1.20 bits per heavy atom. The SMILES string of the molecule is Cl.N[C@@H](CC(=O)N1CCn2nnc(-c3ccoc3)c2C1)Cc1cc(F)c(F)cc1F. The minimum absolute atomic E-state index is 0. The fraction of sp³-hybridized carbons (Fsp3) is 0.316. The largest absolute Gasteiger partial charge is 0.472 e. The summed E-state index contributed by atoms with van der Waals surface area (Å²) in [4.78, 5) is 14.3. The molecule has 7 nitrogen and oxygen atoms in total. The van der Waals surface area contributed by atoms with Gasteiger partial charge >= 0.3 is 0 Å². The highest BCUT2D eigenvalue weighted by Gasteiger charge is 2.27. The monoisotopic (exact) mass is 441 g/mol. The van der Waals surface area contributed by atoms with Crippen LogP contribution in [0, 0.1) is 17.5 Å².